The van der Waals surface area contributed by atoms with Crippen molar-refractivity contribution >= 4 is 0 Å². The van der Waals surface area contributed by atoms with Crippen molar-refractivity contribution in [1.29, 1.82) is 0 Å². The predicted molar refractivity (Wildman–Crippen MR) is 45.5 cm³/mol. The molecule has 11 heavy (non-hydrogen) atoms. The smallest absolute Gasteiger partial charge is 0.123 e. The van der Waals surface area contributed by atoms with Crippen LogP contribution in [0.25, 0.3) is 0 Å². The van der Waals surface area contributed by atoms with Gasteiger partial charge in [0.2, 0.25) is 0 Å². The van der Waals surface area contributed by atoms with Crippen LogP contribution in [-0.2, 0) is 5.54 Å². The van der Waals surface area contributed by atoms with E-state index in [0.717, 1.165) is 11.5 Å². The molecule has 0 aliphatic rings. The molecule has 0 radical (unpaired) electrons. The molecule has 0 saturated carbocycles. The highest BCUT2D eigenvalue weighted by Gasteiger charge is 2.20. The minimum absolute atomic E-state index is 0.0613. The van der Waals surface area contributed by atoms with E-state index in [0.29, 0.717) is 0 Å². The Balaban J connectivity index is 2.92. The summed E-state index contributed by atoms with van der Waals surface area (Å²) in [6.45, 7) is 6.13. The Hall–Kier alpha value is -0.760. The summed E-state index contributed by atoms with van der Waals surface area (Å²) in [6, 6.07) is 3.99. The fraction of sp³-hybridized carbons (Fsp3) is 0.556. The summed E-state index contributed by atoms with van der Waals surface area (Å²) in [6.07, 6.45) is 0. The molecule has 1 aromatic rings. The van der Waals surface area contributed by atoms with Crippen molar-refractivity contribution in [3.05, 3.63) is 23.7 Å². The molecule has 62 valence electrons. The largest absolute Gasteiger partial charge is 0.464 e. The Bertz CT molecular complexity index is 237. The van der Waals surface area contributed by atoms with Gasteiger partial charge in [-0.2, -0.15) is 0 Å². The van der Waals surface area contributed by atoms with E-state index in [1.807, 2.05) is 26.1 Å². The van der Waals surface area contributed by atoms with Gasteiger partial charge in [0, 0.05) is 0 Å². The lowest BCUT2D eigenvalue weighted by Gasteiger charge is -2.20. The van der Waals surface area contributed by atoms with Gasteiger partial charge in [-0.05, 0) is 40.0 Å². The first-order valence-corrected chi connectivity index (χ1v) is 3.82. The fourth-order valence-electron chi connectivity index (χ4n) is 0.894. The summed E-state index contributed by atoms with van der Waals surface area (Å²) in [5, 5.41) is 3.18. The van der Waals surface area contributed by atoms with Gasteiger partial charge in [-0.25, -0.2) is 0 Å². The van der Waals surface area contributed by atoms with E-state index in [2.05, 4.69) is 19.2 Å². The summed E-state index contributed by atoms with van der Waals surface area (Å²) in [7, 11) is 1.93. The molecule has 0 atom stereocenters. The normalized spacial score (nSPS) is 12.0. The molecule has 0 unspecified atom stereocenters. The van der Waals surface area contributed by atoms with Gasteiger partial charge >= 0.3 is 0 Å². The second-order valence-electron chi connectivity index (χ2n) is 3.29. The Labute approximate surface area is 67.6 Å². The number of hydrogen-bond acceptors (Lipinski definition) is 2. The van der Waals surface area contributed by atoms with Crippen molar-refractivity contribution in [2.45, 2.75) is 26.3 Å². The van der Waals surface area contributed by atoms with E-state index in [9.17, 15) is 0 Å². The van der Waals surface area contributed by atoms with Crippen molar-refractivity contribution in [2.24, 2.45) is 0 Å². The molecule has 1 N–H and O–H groups in total. The third kappa shape index (κ3) is 1.63. The van der Waals surface area contributed by atoms with Crippen molar-refractivity contribution in [2.75, 3.05) is 7.05 Å². The van der Waals surface area contributed by atoms with Gasteiger partial charge in [-0.15, -0.1) is 0 Å². The van der Waals surface area contributed by atoms with Gasteiger partial charge in [0.15, 0.2) is 0 Å². The molecule has 0 aliphatic carbocycles. The number of nitrogens with one attached hydrogen (secondary N) is 1. The van der Waals surface area contributed by atoms with Crippen LogP contribution in [0.1, 0.15) is 25.4 Å². The molecule has 0 aromatic carbocycles. The monoisotopic (exact) mass is 153 g/mol. The molecular formula is C9H15NO. The second-order valence-corrected chi connectivity index (χ2v) is 3.29. The molecule has 0 saturated heterocycles. The summed E-state index contributed by atoms with van der Waals surface area (Å²) in [5.41, 5.74) is -0.0613. The molecule has 1 aromatic heterocycles. The molecule has 0 bridgehead atoms. The summed E-state index contributed by atoms with van der Waals surface area (Å²) >= 11 is 0. The molecule has 1 rings (SSSR count). The molecule has 0 spiro atoms. The highest BCUT2D eigenvalue weighted by Crippen LogP contribution is 2.21. The van der Waals surface area contributed by atoms with Crippen LogP contribution in [0.3, 0.4) is 0 Å². The minimum Gasteiger partial charge on any atom is -0.464 e. The van der Waals surface area contributed by atoms with Crippen LogP contribution in [0.15, 0.2) is 16.5 Å². The lowest BCUT2D eigenvalue weighted by atomic mass is 10.0. The number of rotatable bonds is 2. The number of aryl methyl sites for hydroxylation is 1. The zero-order valence-electron chi connectivity index (χ0n) is 7.56. The highest BCUT2D eigenvalue weighted by atomic mass is 16.3. The Morgan fingerprint density at radius 2 is 2.00 bits per heavy atom. The van der Waals surface area contributed by atoms with Crippen LogP contribution in [0.5, 0.6) is 0 Å². The first-order valence-electron chi connectivity index (χ1n) is 3.82. The van der Waals surface area contributed by atoms with E-state index >= 15 is 0 Å². The summed E-state index contributed by atoms with van der Waals surface area (Å²) < 4.78 is 5.48. The summed E-state index contributed by atoms with van der Waals surface area (Å²) in [4.78, 5) is 0. The Morgan fingerprint density at radius 3 is 2.36 bits per heavy atom. The lowest BCUT2D eigenvalue weighted by Crippen LogP contribution is -2.32. The fourth-order valence-corrected chi connectivity index (χ4v) is 0.894. The van der Waals surface area contributed by atoms with Crippen LogP contribution < -0.4 is 5.32 Å². The van der Waals surface area contributed by atoms with Crippen molar-refractivity contribution in [3.8, 4) is 0 Å². The lowest BCUT2D eigenvalue weighted by molar-refractivity contribution is 0.334. The predicted octanol–water partition coefficient (Wildman–Crippen LogP) is 2.04. The Kier molecular flexibility index (Phi) is 2.05. The van der Waals surface area contributed by atoms with Gasteiger partial charge in [-0.1, -0.05) is 0 Å². The number of hydrogen-bond donors (Lipinski definition) is 1. The summed E-state index contributed by atoms with van der Waals surface area (Å²) in [5.74, 6) is 1.95. The maximum Gasteiger partial charge on any atom is 0.123 e. The van der Waals surface area contributed by atoms with E-state index in [-0.39, 0.29) is 5.54 Å². The van der Waals surface area contributed by atoms with Crippen molar-refractivity contribution in [1.82, 2.24) is 5.32 Å². The van der Waals surface area contributed by atoms with Gasteiger partial charge in [0.05, 0.1) is 5.54 Å². The zero-order chi connectivity index (χ0) is 8.48. The third-order valence-corrected chi connectivity index (χ3v) is 1.98. The molecule has 2 nitrogen and oxygen atoms in total. The maximum atomic E-state index is 5.48. The van der Waals surface area contributed by atoms with E-state index < -0.39 is 0 Å². The molecular weight excluding hydrogens is 138 g/mol. The average Bonchev–Trinajstić information content (AvgIpc) is 2.36. The molecule has 0 amide bonds. The SMILES string of the molecule is CNC(C)(C)c1ccc(C)o1. The highest BCUT2D eigenvalue weighted by molar-refractivity contribution is 5.13. The van der Waals surface area contributed by atoms with Crippen LogP contribution >= 0.6 is 0 Å². The van der Waals surface area contributed by atoms with E-state index in [4.69, 9.17) is 4.42 Å². The first kappa shape index (κ1) is 8.34. The van der Waals surface area contributed by atoms with Crippen LogP contribution in [0.4, 0.5) is 0 Å². The molecule has 2 heteroatoms. The second kappa shape index (κ2) is 2.70. The van der Waals surface area contributed by atoms with Gasteiger partial charge in [0.25, 0.3) is 0 Å². The van der Waals surface area contributed by atoms with Crippen LogP contribution in [0, 0.1) is 6.92 Å². The van der Waals surface area contributed by atoms with Crippen molar-refractivity contribution < 1.29 is 4.42 Å². The third-order valence-electron chi connectivity index (χ3n) is 1.98. The first-order chi connectivity index (χ1) is 5.06. The van der Waals surface area contributed by atoms with E-state index in [1.165, 1.54) is 0 Å². The maximum absolute atomic E-state index is 5.48. The van der Waals surface area contributed by atoms with Gasteiger partial charge in [0.1, 0.15) is 11.5 Å². The standard InChI is InChI=1S/C9H15NO/c1-7-5-6-8(11-7)9(2,3)10-4/h5-6,10H,1-4H3. The van der Waals surface area contributed by atoms with E-state index in [1.54, 1.807) is 0 Å². The quantitative estimate of drug-likeness (QED) is 0.703. The van der Waals surface area contributed by atoms with Crippen molar-refractivity contribution in [3.63, 3.8) is 0 Å². The van der Waals surface area contributed by atoms with Crippen LogP contribution in [0.2, 0.25) is 0 Å². The minimum atomic E-state index is -0.0613. The van der Waals surface area contributed by atoms with Gasteiger partial charge < -0.3 is 9.73 Å². The van der Waals surface area contributed by atoms with Gasteiger partial charge in [-0.3, -0.25) is 0 Å². The number of furan rings is 1. The molecule has 1 heterocycles. The zero-order valence-corrected chi connectivity index (χ0v) is 7.56. The topological polar surface area (TPSA) is 25.2 Å². The molecule has 0 aliphatic heterocycles. The Morgan fingerprint density at radius 1 is 1.36 bits per heavy atom. The average molecular weight is 153 g/mol. The van der Waals surface area contributed by atoms with Crippen LogP contribution in [-0.4, -0.2) is 7.05 Å². The molecule has 0 fully saturated rings.